The number of hydrogen-bond acceptors (Lipinski definition) is 4. The largest absolute Gasteiger partial charge is 0.496 e. The molecular formula is C14H14N2O3. The van der Waals surface area contributed by atoms with E-state index in [0.29, 0.717) is 17.9 Å². The first-order chi connectivity index (χ1) is 9.13. The van der Waals surface area contributed by atoms with E-state index in [-0.39, 0.29) is 5.69 Å². The first-order valence-corrected chi connectivity index (χ1v) is 5.79. The first kappa shape index (κ1) is 13.0. The number of aryl methyl sites for hydroxylation is 1. The Labute approximate surface area is 110 Å². The molecule has 0 saturated heterocycles. The second kappa shape index (κ2) is 5.48. The number of hydrogen-bond donors (Lipinski definition) is 0. The Balaban J connectivity index is 2.44. The van der Waals surface area contributed by atoms with Gasteiger partial charge in [-0.15, -0.1) is 0 Å². The van der Waals surface area contributed by atoms with Crippen LogP contribution in [0.1, 0.15) is 21.5 Å². The van der Waals surface area contributed by atoms with E-state index in [4.69, 9.17) is 4.74 Å². The second-order valence-corrected chi connectivity index (χ2v) is 4.23. The van der Waals surface area contributed by atoms with Crippen molar-refractivity contribution in [2.75, 3.05) is 7.11 Å². The minimum absolute atomic E-state index is 0.318. The van der Waals surface area contributed by atoms with Crippen molar-refractivity contribution in [3.05, 3.63) is 57.8 Å². The third-order valence-corrected chi connectivity index (χ3v) is 2.77. The normalized spacial score (nSPS) is 10.2. The number of nitrogens with zero attached hydrogens (tertiary/aromatic N) is 2. The lowest BCUT2D eigenvalue weighted by Gasteiger charge is -2.11. The molecule has 0 atom stereocenters. The molecule has 0 unspecified atom stereocenters. The maximum absolute atomic E-state index is 11.7. The highest BCUT2D eigenvalue weighted by molar-refractivity contribution is 5.75. The van der Waals surface area contributed by atoms with Crippen molar-refractivity contribution in [1.29, 1.82) is 0 Å². The van der Waals surface area contributed by atoms with Gasteiger partial charge in [0.25, 0.3) is 0 Å². The van der Waals surface area contributed by atoms with E-state index < -0.39 is 0 Å². The topological polar surface area (TPSA) is 61.2 Å². The summed E-state index contributed by atoms with van der Waals surface area (Å²) in [6, 6.07) is 5.10. The summed E-state index contributed by atoms with van der Waals surface area (Å²) in [7, 11) is 1.55. The van der Waals surface area contributed by atoms with Gasteiger partial charge in [-0.25, -0.2) is 9.78 Å². The quantitative estimate of drug-likeness (QED) is 0.778. The molecule has 5 heteroatoms. The Morgan fingerprint density at radius 2 is 2.21 bits per heavy atom. The Kier molecular flexibility index (Phi) is 3.75. The number of aromatic nitrogens is 2. The van der Waals surface area contributed by atoms with Crippen LogP contribution in [0.3, 0.4) is 0 Å². The van der Waals surface area contributed by atoms with E-state index >= 15 is 0 Å². The molecule has 98 valence electrons. The molecule has 1 heterocycles. The van der Waals surface area contributed by atoms with E-state index in [1.165, 1.54) is 10.8 Å². The van der Waals surface area contributed by atoms with Gasteiger partial charge in [-0.1, -0.05) is 0 Å². The third-order valence-electron chi connectivity index (χ3n) is 2.77. The van der Waals surface area contributed by atoms with E-state index in [2.05, 4.69) is 4.98 Å². The van der Waals surface area contributed by atoms with Crippen LogP contribution in [-0.2, 0) is 6.54 Å². The molecule has 1 aromatic carbocycles. The van der Waals surface area contributed by atoms with Gasteiger partial charge in [0.2, 0.25) is 0 Å². The number of carbonyl (C=O) groups is 1. The molecule has 5 nitrogen and oxygen atoms in total. The summed E-state index contributed by atoms with van der Waals surface area (Å²) >= 11 is 0. The lowest BCUT2D eigenvalue weighted by Crippen LogP contribution is -2.23. The van der Waals surface area contributed by atoms with Crippen LogP contribution < -0.4 is 10.4 Å². The first-order valence-electron chi connectivity index (χ1n) is 5.79. The number of methoxy groups -OCH3 is 1. The maximum atomic E-state index is 11.7. The number of ether oxygens (including phenoxy) is 1. The average molecular weight is 258 g/mol. The Bertz CT molecular complexity index is 662. The molecule has 1 aromatic heterocycles. The van der Waals surface area contributed by atoms with Crippen molar-refractivity contribution in [3.63, 3.8) is 0 Å². The molecule has 0 amide bonds. The van der Waals surface area contributed by atoms with Crippen molar-refractivity contribution < 1.29 is 9.53 Å². The zero-order valence-corrected chi connectivity index (χ0v) is 10.8. The SMILES string of the molecule is COc1ccc(C=O)cc1Cn1cc(C)cnc1=O. The standard InChI is InChI=1S/C14H14N2O3/c1-10-6-15-14(18)16(7-10)8-12-5-11(9-17)3-4-13(12)19-2/h3-7,9H,8H2,1-2H3. The van der Waals surface area contributed by atoms with Gasteiger partial charge >= 0.3 is 5.69 Å². The van der Waals surface area contributed by atoms with Gasteiger partial charge in [-0.2, -0.15) is 0 Å². The minimum atomic E-state index is -0.329. The predicted molar refractivity (Wildman–Crippen MR) is 70.7 cm³/mol. The number of aldehydes is 1. The molecule has 0 radical (unpaired) electrons. The Hall–Kier alpha value is -2.43. The highest BCUT2D eigenvalue weighted by atomic mass is 16.5. The van der Waals surface area contributed by atoms with Crippen LogP contribution in [0.15, 0.2) is 35.4 Å². The fourth-order valence-corrected chi connectivity index (χ4v) is 1.86. The van der Waals surface area contributed by atoms with Gasteiger partial charge in [-0.05, 0) is 30.7 Å². The summed E-state index contributed by atoms with van der Waals surface area (Å²) in [5.41, 5.74) is 1.88. The number of rotatable bonds is 4. The zero-order chi connectivity index (χ0) is 13.8. The van der Waals surface area contributed by atoms with Crippen LogP contribution in [0.2, 0.25) is 0 Å². The van der Waals surface area contributed by atoms with Crippen molar-refractivity contribution in [1.82, 2.24) is 9.55 Å². The number of carbonyl (C=O) groups excluding carboxylic acids is 1. The molecule has 0 bridgehead atoms. The maximum Gasteiger partial charge on any atom is 0.347 e. The fraction of sp³-hybridized carbons (Fsp3) is 0.214. The van der Waals surface area contributed by atoms with Crippen molar-refractivity contribution in [2.24, 2.45) is 0 Å². The summed E-state index contributed by atoms with van der Waals surface area (Å²) in [4.78, 5) is 26.3. The monoisotopic (exact) mass is 258 g/mol. The van der Waals surface area contributed by atoms with Crippen LogP contribution in [0.25, 0.3) is 0 Å². The van der Waals surface area contributed by atoms with Gasteiger partial charge in [0.15, 0.2) is 0 Å². The van der Waals surface area contributed by atoms with Crippen LogP contribution in [0.5, 0.6) is 5.75 Å². The molecule has 0 aliphatic carbocycles. The molecule has 0 spiro atoms. The van der Waals surface area contributed by atoms with Crippen molar-refractivity contribution in [2.45, 2.75) is 13.5 Å². The summed E-state index contributed by atoms with van der Waals surface area (Å²) in [5, 5.41) is 0. The van der Waals surface area contributed by atoms with Gasteiger partial charge in [-0.3, -0.25) is 9.36 Å². The molecule has 0 fully saturated rings. The average Bonchev–Trinajstić information content (AvgIpc) is 2.42. The molecule has 0 N–H and O–H groups in total. The lowest BCUT2D eigenvalue weighted by atomic mass is 10.1. The molecular weight excluding hydrogens is 244 g/mol. The molecule has 2 rings (SSSR count). The molecule has 19 heavy (non-hydrogen) atoms. The van der Waals surface area contributed by atoms with Gasteiger partial charge < -0.3 is 4.74 Å². The molecule has 0 aliphatic rings. The van der Waals surface area contributed by atoms with E-state index in [0.717, 1.165) is 17.4 Å². The second-order valence-electron chi connectivity index (χ2n) is 4.23. The van der Waals surface area contributed by atoms with E-state index in [1.807, 2.05) is 6.92 Å². The summed E-state index contributed by atoms with van der Waals surface area (Å²) in [6.07, 6.45) is 4.01. The van der Waals surface area contributed by atoms with Gasteiger partial charge in [0, 0.05) is 23.5 Å². The zero-order valence-electron chi connectivity index (χ0n) is 10.8. The Morgan fingerprint density at radius 3 is 2.89 bits per heavy atom. The lowest BCUT2D eigenvalue weighted by molar-refractivity contribution is 0.112. The van der Waals surface area contributed by atoms with Crippen molar-refractivity contribution >= 4 is 6.29 Å². The smallest absolute Gasteiger partial charge is 0.347 e. The van der Waals surface area contributed by atoms with Gasteiger partial charge in [0.05, 0.1) is 13.7 Å². The van der Waals surface area contributed by atoms with E-state index in [9.17, 15) is 9.59 Å². The highest BCUT2D eigenvalue weighted by Gasteiger charge is 2.07. The fourth-order valence-electron chi connectivity index (χ4n) is 1.86. The minimum Gasteiger partial charge on any atom is -0.496 e. The third kappa shape index (κ3) is 2.88. The van der Waals surface area contributed by atoms with E-state index in [1.54, 1.807) is 31.5 Å². The molecule has 0 aliphatic heterocycles. The van der Waals surface area contributed by atoms with Crippen LogP contribution in [0.4, 0.5) is 0 Å². The Morgan fingerprint density at radius 1 is 1.42 bits per heavy atom. The summed E-state index contributed by atoms with van der Waals surface area (Å²) in [5.74, 6) is 0.638. The van der Waals surface area contributed by atoms with Crippen molar-refractivity contribution in [3.8, 4) is 5.75 Å². The summed E-state index contributed by atoms with van der Waals surface area (Å²) in [6.45, 7) is 2.18. The van der Waals surface area contributed by atoms with Crippen LogP contribution >= 0.6 is 0 Å². The molecule has 0 saturated carbocycles. The number of benzene rings is 1. The van der Waals surface area contributed by atoms with Gasteiger partial charge in [0.1, 0.15) is 12.0 Å². The summed E-state index contributed by atoms with van der Waals surface area (Å²) < 4.78 is 6.72. The highest BCUT2D eigenvalue weighted by Crippen LogP contribution is 2.20. The van der Waals surface area contributed by atoms with Crippen LogP contribution in [-0.4, -0.2) is 22.9 Å². The predicted octanol–water partition coefficient (Wildman–Crippen LogP) is 1.42. The van der Waals surface area contributed by atoms with Crippen LogP contribution in [0, 0.1) is 6.92 Å². The molecule has 2 aromatic rings.